The van der Waals surface area contributed by atoms with Crippen LogP contribution in [0.25, 0.3) is 0 Å². The first-order chi connectivity index (χ1) is 7.72. The van der Waals surface area contributed by atoms with Crippen LogP contribution in [0.3, 0.4) is 0 Å². The smallest absolute Gasteiger partial charge is 0.122 e. The number of hydrogen-bond acceptors (Lipinski definition) is 3. The predicted octanol–water partition coefficient (Wildman–Crippen LogP) is 0.623. The number of aryl methyl sites for hydroxylation is 1. The summed E-state index contributed by atoms with van der Waals surface area (Å²) < 4.78 is 2.09. The number of aliphatic hydroxyl groups is 1. The zero-order chi connectivity index (χ0) is 11.1. The molecule has 1 saturated heterocycles. The van der Waals surface area contributed by atoms with Gasteiger partial charge in [-0.25, -0.2) is 4.98 Å². The average Bonchev–Trinajstić information content (AvgIpc) is 2.83. The van der Waals surface area contributed by atoms with E-state index in [1.165, 1.54) is 0 Å². The molecule has 1 aromatic rings. The molecule has 0 radical (unpaired) electrons. The highest BCUT2D eigenvalue weighted by Crippen LogP contribution is 2.38. The molecule has 0 spiro atoms. The van der Waals surface area contributed by atoms with Gasteiger partial charge in [-0.15, -0.1) is 0 Å². The second-order valence-electron chi connectivity index (χ2n) is 5.29. The number of hydrogen-bond donors (Lipinski definition) is 1. The van der Waals surface area contributed by atoms with Gasteiger partial charge in [-0.05, 0) is 24.7 Å². The molecular formula is C12H19N3O. The van der Waals surface area contributed by atoms with Crippen molar-refractivity contribution < 1.29 is 5.11 Å². The van der Waals surface area contributed by atoms with Gasteiger partial charge in [0.1, 0.15) is 5.82 Å². The Balaban J connectivity index is 1.62. The van der Waals surface area contributed by atoms with E-state index in [2.05, 4.69) is 14.5 Å². The first-order valence-corrected chi connectivity index (χ1v) is 6.09. The largest absolute Gasteiger partial charge is 0.393 e. The monoisotopic (exact) mass is 221 g/mol. The Labute approximate surface area is 95.9 Å². The van der Waals surface area contributed by atoms with Gasteiger partial charge in [-0.1, -0.05) is 0 Å². The van der Waals surface area contributed by atoms with E-state index >= 15 is 0 Å². The third-order valence-corrected chi connectivity index (χ3v) is 4.09. The maximum Gasteiger partial charge on any atom is 0.122 e. The molecule has 1 saturated carbocycles. The summed E-state index contributed by atoms with van der Waals surface area (Å²) in [5, 5.41) is 9.59. The fourth-order valence-corrected chi connectivity index (χ4v) is 3.24. The molecule has 3 rings (SSSR count). The molecule has 0 amide bonds. The van der Waals surface area contributed by atoms with Crippen LogP contribution in [0.5, 0.6) is 0 Å². The van der Waals surface area contributed by atoms with Gasteiger partial charge >= 0.3 is 0 Å². The van der Waals surface area contributed by atoms with Crippen molar-refractivity contribution in [3.05, 3.63) is 18.2 Å². The first-order valence-electron chi connectivity index (χ1n) is 6.09. The number of aliphatic hydroxyl groups excluding tert-OH is 1. The van der Waals surface area contributed by atoms with E-state index in [1.807, 2.05) is 19.4 Å². The lowest BCUT2D eigenvalue weighted by Gasteiger charge is -2.17. The van der Waals surface area contributed by atoms with Crippen molar-refractivity contribution in [2.45, 2.75) is 25.5 Å². The van der Waals surface area contributed by atoms with Gasteiger partial charge in [-0.2, -0.15) is 0 Å². The van der Waals surface area contributed by atoms with E-state index in [4.69, 9.17) is 0 Å². The molecule has 2 fully saturated rings. The van der Waals surface area contributed by atoms with Crippen LogP contribution in [0, 0.1) is 11.8 Å². The highest BCUT2D eigenvalue weighted by atomic mass is 16.3. The quantitative estimate of drug-likeness (QED) is 0.796. The molecule has 16 heavy (non-hydrogen) atoms. The van der Waals surface area contributed by atoms with Crippen LogP contribution in [0.2, 0.25) is 0 Å². The maximum atomic E-state index is 9.59. The Bertz CT molecular complexity index is 362. The molecular weight excluding hydrogens is 202 g/mol. The van der Waals surface area contributed by atoms with Crippen molar-refractivity contribution in [2.75, 3.05) is 13.1 Å². The Kier molecular flexibility index (Phi) is 2.48. The van der Waals surface area contributed by atoms with Gasteiger partial charge in [0.15, 0.2) is 0 Å². The summed E-state index contributed by atoms with van der Waals surface area (Å²) in [6, 6.07) is 0. The van der Waals surface area contributed by atoms with E-state index in [0.29, 0.717) is 0 Å². The van der Waals surface area contributed by atoms with E-state index in [-0.39, 0.29) is 6.10 Å². The third kappa shape index (κ3) is 1.76. The zero-order valence-electron chi connectivity index (χ0n) is 9.71. The molecule has 4 heteroatoms. The van der Waals surface area contributed by atoms with Crippen LogP contribution < -0.4 is 0 Å². The van der Waals surface area contributed by atoms with Crippen LogP contribution in [0.1, 0.15) is 18.7 Å². The molecule has 1 aliphatic carbocycles. The maximum absolute atomic E-state index is 9.59. The van der Waals surface area contributed by atoms with Crippen molar-refractivity contribution in [1.29, 1.82) is 0 Å². The average molecular weight is 221 g/mol. The summed E-state index contributed by atoms with van der Waals surface area (Å²) in [5.41, 5.74) is 0. The highest BCUT2D eigenvalue weighted by molar-refractivity contribution is 4.96. The van der Waals surface area contributed by atoms with Gasteiger partial charge < -0.3 is 9.67 Å². The fourth-order valence-electron chi connectivity index (χ4n) is 3.24. The van der Waals surface area contributed by atoms with E-state index in [1.54, 1.807) is 0 Å². The molecule has 1 N–H and O–H groups in total. The lowest BCUT2D eigenvalue weighted by atomic mass is 10.0. The molecule has 4 nitrogen and oxygen atoms in total. The van der Waals surface area contributed by atoms with E-state index < -0.39 is 0 Å². The molecule has 1 aliphatic heterocycles. The van der Waals surface area contributed by atoms with E-state index in [9.17, 15) is 5.11 Å². The summed E-state index contributed by atoms with van der Waals surface area (Å²) in [6.07, 6.45) is 5.82. The minimum atomic E-state index is -0.0367. The Morgan fingerprint density at radius 3 is 2.62 bits per heavy atom. The number of rotatable bonds is 2. The van der Waals surface area contributed by atoms with Crippen LogP contribution in [0.4, 0.5) is 0 Å². The van der Waals surface area contributed by atoms with Gasteiger partial charge in [-0.3, -0.25) is 4.90 Å². The van der Waals surface area contributed by atoms with Crippen LogP contribution in [-0.4, -0.2) is 38.8 Å². The van der Waals surface area contributed by atoms with Crippen LogP contribution in [0.15, 0.2) is 12.4 Å². The molecule has 0 bridgehead atoms. The number of nitrogens with zero attached hydrogens (tertiary/aromatic N) is 3. The molecule has 0 aromatic carbocycles. The lowest BCUT2D eigenvalue weighted by Crippen LogP contribution is -2.24. The van der Waals surface area contributed by atoms with E-state index in [0.717, 1.165) is 50.1 Å². The van der Waals surface area contributed by atoms with Crippen molar-refractivity contribution in [1.82, 2.24) is 14.5 Å². The minimum absolute atomic E-state index is 0.0367. The van der Waals surface area contributed by atoms with Crippen molar-refractivity contribution in [3.8, 4) is 0 Å². The standard InChI is InChI=1S/C12H19N3O/c1-14-3-2-13-12(14)8-15-6-9-4-11(16)5-10(9)7-15/h2-3,9-11,16H,4-8H2,1H3/t9-,10+,11?. The summed E-state index contributed by atoms with van der Waals surface area (Å²) in [6.45, 7) is 3.22. The molecule has 1 aromatic heterocycles. The molecule has 1 unspecified atom stereocenters. The Hall–Kier alpha value is -0.870. The van der Waals surface area contributed by atoms with Gasteiger partial charge in [0, 0.05) is 32.5 Å². The molecule has 2 heterocycles. The summed E-state index contributed by atoms with van der Waals surface area (Å²) in [7, 11) is 2.04. The highest BCUT2D eigenvalue weighted by Gasteiger charge is 2.40. The van der Waals surface area contributed by atoms with Crippen molar-refractivity contribution >= 4 is 0 Å². The van der Waals surface area contributed by atoms with Crippen molar-refractivity contribution in [2.24, 2.45) is 18.9 Å². The predicted molar refractivity (Wildman–Crippen MR) is 60.7 cm³/mol. The van der Waals surface area contributed by atoms with Gasteiger partial charge in [0.05, 0.1) is 12.6 Å². The Morgan fingerprint density at radius 2 is 2.06 bits per heavy atom. The third-order valence-electron chi connectivity index (χ3n) is 4.09. The first kappa shape index (κ1) is 10.3. The zero-order valence-corrected chi connectivity index (χ0v) is 9.71. The van der Waals surface area contributed by atoms with Crippen LogP contribution in [-0.2, 0) is 13.6 Å². The minimum Gasteiger partial charge on any atom is -0.393 e. The summed E-state index contributed by atoms with van der Waals surface area (Å²) >= 11 is 0. The number of likely N-dealkylation sites (tertiary alicyclic amines) is 1. The Morgan fingerprint density at radius 1 is 1.38 bits per heavy atom. The number of aromatic nitrogens is 2. The molecule has 88 valence electrons. The fraction of sp³-hybridized carbons (Fsp3) is 0.750. The second kappa shape index (κ2) is 3.86. The van der Waals surface area contributed by atoms with Gasteiger partial charge in [0.2, 0.25) is 0 Å². The number of fused-ring (bicyclic) bond motifs is 1. The lowest BCUT2D eigenvalue weighted by molar-refractivity contribution is 0.160. The van der Waals surface area contributed by atoms with Crippen LogP contribution >= 0.6 is 0 Å². The summed E-state index contributed by atoms with van der Waals surface area (Å²) in [4.78, 5) is 6.84. The second-order valence-corrected chi connectivity index (χ2v) is 5.29. The topological polar surface area (TPSA) is 41.3 Å². The molecule has 3 atom stereocenters. The molecule has 2 aliphatic rings. The number of imidazole rings is 1. The van der Waals surface area contributed by atoms with Gasteiger partial charge in [0.25, 0.3) is 0 Å². The summed E-state index contributed by atoms with van der Waals surface area (Å²) in [5.74, 6) is 2.58. The normalized spacial score (nSPS) is 34.5. The van der Waals surface area contributed by atoms with Crippen molar-refractivity contribution in [3.63, 3.8) is 0 Å². The SMILES string of the molecule is Cn1ccnc1CN1C[C@H]2CC(O)C[C@H]2C1.